The third-order valence-electron chi connectivity index (χ3n) is 5.65. The molecule has 0 saturated heterocycles. The van der Waals surface area contributed by atoms with Crippen molar-refractivity contribution in [3.05, 3.63) is 74.0 Å². The number of H-pyrrole nitrogens is 1. The predicted molar refractivity (Wildman–Crippen MR) is 118 cm³/mol. The van der Waals surface area contributed by atoms with Gasteiger partial charge < -0.3 is 15.0 Å². The zero-order valence-corrected chi connectivity index (χ0v) is 17.8. The minimum atomic E-state index is -0.0794. The Morgan fingerprint density at radius 2 is 2.07 bits per heavy atom. The summed E-state index contributed by atoms with van der Waals surface area (Å²) in [6, 6.07) is 11.1. The predicted octanol–water partition coefficient (Wildman–Crippen LogP) is 3.17. The lowest BCUT2D eigenvalue weighted by Crippen LogP contribution is -2.41. The van der Waals surface area contributed by atoms with Crippen LogP contribution < -0.4 is 15.5 Å². The van der Waals surface area contributed by atoms with Crippen molar-refractivity contribution in [2.24, 2.45) is 0 Å². The molecule has 3 aromatic rings. The zero-order valence-electron chi connectivity index (χ0n) is 17.0. The van der Waals surface area contributed by atoms with Crippen molar-refractivity contribution in [2.45, 2.75) is 26.4 Å². The molecule has 1 amide bonds. The van der Waals surface area contributed by atoms with E-state index in [2.05, 4.69) is 10.3 Å². The van der Waals surface area contributed by atoms with Crippen molar-refractivity contribution in [1.29, 1.82) is 0 Å². The quantitative estimate of drug-likeness (QED) is 0.658. The fourth-order valence-electron chi connectivity index (χ4n) is 3.95. The summed E-state index contributed by atoms with van der Waals surface area (Å²) < 4.78 is 5.32. The molecular weight excluding hydrogens is 402 g/mol. The highest BCUT2D eigenvalue weighted by molar-refractivity contribution is 6.32. The molecule has 6 nitrogen and oxygen atoms in total. The molecule has 156 valence electrons. The molecule has 2 heterocycles. The van der Waals surface area contributed by atoms with E-state index in [9.17, 15) is 9.59 Å². The number of nitrogens with one attached hydrogen (secondary N) is 2. The van der Waals surface area contributed by atoms with Gasteiger partial charge in [0, 0.05) is 53.3 Å². The summed E-state index contributed by atoms with van der Waals surface area (Å²) in [5, 5.41) is 4.22. The van der Waals surface area contributed by atoms with Crippen LogP contribution in [0, 0.1) is 6.92 Å². The second kappa shape index (κ2) is 8.50. The molecule has 4 rings (SSSR count). The standard InChI is InChI=1S/C23H24ClN3O3/c1-14-18(24)8-7-16-22(14)26-19-9-10-27(12-17(19)23(16)29)13-21(28)25-11-15-5-3-4-6-20(15)30-2/h3-8H,9-13H2,1-2H3,(H,25,28)(H,26,29). The van der Waals surface area contributed by atoms with Crippen LogP contribution in [-0.2, 0) is 24.3 Å². The van der Waals surface area contributed by atoms with E-state index in [1.54, 1.807) is 19.2 Å². The molecule has 0 bridgehead atoms. The molecule has 2 aromatic carbocycles. The number of hydrogen-bond acceptors (Lipinski definition) is 4. The van der Waals surface area contributed by atoms with Gasteiger partial charge in [0.15, 0.2) is 5.43 Å². The Balaban J connectivity index is 1.46. The van der Waals surface area contributed by atoms with Gasteiger partial charge in [-0.25, -0.2) is 0 Å². The number of ether oxygens (including phenoxy) is 1. The Morgan fingerprint density at radius 1 is 1.27 bits per heavy atom. The topological polar surface area (TPSA) is 74.4 Å². The number of methoxy groups -OCH3 is 1. The third-order valence-corrected chi connectivity index (χ3v) is 6.06. The van der Waals surface area contributed by atoms with Gasteiger partial charge in [0.2, 0.25) is 5.91 Å². The number of carbonyl (C=O) groups is 1. The van der Waals surface area contributed by atoms with Gasteiger partial charge in [0.05, 0.1) is 19.2 Å². The molecule has 1 aromatic heterocycles. The molecule has 1 aliphatic rings. The molecule has 2 N–H and O–H groups in total. The highest BCUT2D eigenvalue weighted by atomic mass is 35.5. The fraction of sp³-hybridized carbons (Fsp3) is 0.304. The number of hydrogen-bond donors (Lipinski definition) is 2. The molecule has 0 saturated carbocycles. The Labute approximate surface area is 179 Å². The number of fused-ring (bicyclic) bond motifs is 2. The summed E-state index contributed by atoms with van der Waals surface area (Å²) in [7, 11) is 1.61. The van der Waals surface area contributed by atoms with Crippen LogP contribution in [0.1, 0.15) is 22.4 Å². The molecule has 0 fully saturated rings. The van der Waals surface area contributed by atoms with E-state index in [0.29, 0.717) is 36.5 Å². The van der Waals surface area contributed by atoms with E-state index >= 15 is 0 Å². The molecule has 0 radical (unpaired) electrons. The van der Waals surface area contributed by atoms with Crippen molar-refractivity contribution >= 4 is 28.4 Å². The van der Waals surface area contributed by atoms with Crippen molar-refractivity contribution < 1.29 is 9.53 Å². The average Bonchev–Trinajstić information content (AvgIpc) is 2.76. The molecule has 0 unspecified atom stereocenters. The number of nitrogens with zero attached hydrogens (tertiary/aromatic N) is 1. The minimum Gasteiger partial charge on any atom is -0.496 e. The number of aromatic nitrogens is 1. The van der Waals surface area contributed by atoms with Crippen LogP contribution in [0.15, 0.2) is 41.2 Å². The highest BCUT2D eigenvalue weighted by Crippen LogP contribution is 2.25. The number of amides is 1. The third kappa shape index (κ3) is 3.93. The molecule has 30 heavy (non-hydrogen) atoms. The highest BCUT2D eigenvalue weighted by Gasteiger charge is 2.23. The van der Waals surface area contributed by atoms with E-state index in [1.807, 2.05) is 36.1 Å². The van der Waals surface area contributed by atoms with Crippen LogP contribution in [-0.4, -0.2) is 36.0 Å². The smallest absolute Gasteiger partial charge is 0.234 e. The van der Waals surface area contributed by atoms with Gasteiger partial charge in [-0.3, -0.25) is 14.5 Å². The maximum Gasteiger partial charge on any atom is 0.234 e. The number of rotatable bonds is 5. The number of carbonyl (C=O) groups excluding carboxylic acids is 1. The molecule has 1 aliphatic heterocycles. The van der Waals surface area contributed by atoms with Crippen LogP contribution in [0.25, 0.3) is 10.9 Å². The van der Waals surface area contributed by atoms with E-state index in [-0.39, 0.29) is 17.9 Å². The number of aryl methyl sites for hydroxylation is 1. The molecule has 0 aliphatic carbocycles. The summed E-state index contributed by atoms with van der Waals surface area (Å²) >= 11 is 6.21. The summed E-state index contributed by atoms with van der Waals surface area (Å²) in [4.78, 5) is 30.9. The second-order valence-electron chi connectivity index (χ2n) is 7.56. The summed E-state index contributed by atoms with van der Waals surface area (Å²) in [5.41, 5.74) is 4.28. The van der Waals surface area contributed by atoms with E-state index in [4.69, 9.17) is 16.3 Å². The number of aromatic amines is 1. The van der Waals surface area contributed by atoms with E-state index in [0.717, 1.165) is 33.7 Å². The SMILES string of the molecule is COc1ccccc1CNC(=O)CN1CCc2[nH]c3c(C)c(Cl)ccc3c(=O)c2C1. The van der Waals surface area contributed by atoms with Gasteiger partial charge in [-0.2, -0.15) is 0 Å². The maximum atomic E-state index is 13.0. The van der Waals surface area contributed by atoms with Gasteiger partial charge in [0.25, 0.3) is 0 Å². The van der Waals surface area contributed by atoms with Crippen molar-refractivity contribution in [2.75, 3.05) is 20.2 Å². The van der Waals surface area contributed by atoms with Gasteiger partial charge in [-0.05, 0) is 30.7 Å². The molecule has 0 atom stereocenters. The van der Waals surface area contributed by atoms with Crippen molar-refractivity contribution in [3.63, 3.8) is 0 Å². The summed E-state index contributed by atoms with van der Waals surface area (Å²) in [5.74, 6) is 0.669. The van der Waals surface area contributed by atoms with Crippen LogP contribution in [0.2, 0.25) is 5.02 Å². The van der Waals surface area contributed by atoms with Gasteiger partial charge in [-0.15, -0.1) is 0 Å². The Bertz CT molecular complexity index is 1170. The van der Waals surface area contributed by atoms with Gasteiger partial charge >= 0.3 is 0 Å². The number of benzene rings is 2. The maximum absolute atomic E-state index is 13.0. The van der Waals surface area contributed by atoms with E-state index in [1.165, 1.54) is 0 Å². The summed E-state index contributed by atoms with van der Waals surface area (Å²) in [6.07, 6.45) is 0.687. The lowest BCUT2D eigenvalue weighted by molar-refractivity contribution is -0.122. The largest absolute Gasteiger partial charge is 0.496 e. The first kappa shape index (κ1) is 20.4. The molecule has 0 spiro atoms. The van der Waals surface area contributed by atoms with Crippen LogP contribution in [0.3, 0.4) is 0 Å². The summed E-state index contributed by atoms with van der Waals surface area (Å²) in [6.45, 7) is 3.71. The Morgan fingerprint density at radius 3 is 2.87 bits per heavy atom. The lowest BCUT2D eigenvalue weighted by atomic mass is 10.0. The number of halogens is 1. The molecular formula is C23H24ClN3O3. The number of para-hydroxylation sites is 1. The van der Waals surface area contributed by atoms with Crippen molar-refractivity contribution in [1.82, 2.24) is 15.2 Å². The van der Waals surface area contributed by atoms with Crippen LogP contribution in [0.5, 0.6) is 5.75 Å². The van der Waals surface area contributed by atoms with Crippen LogP contribution >= 0.6 is 11.6 Å². The first-order chi connectivity index (χ1) is 14.5. The van der Waals surface area contributed by atoms with Gasteiger partial charge in [0.1, 0.15) is 5.75 Å². The van der Waals surface area contributed by atoms with Crippen molar-refractivity contribution in [3.8, 4) is 5.75 Å². The van der Waals surface area contributed by atoms with Crippen LogP contribution in [0.4, 0.5) is 0 Å². The first-order valence-electron chi connectivity index (χ1n) is 9.91. The number of pyridine rings is 1. The Kier molecular flexibility index (Phi) is 5.79. The normalized spacial score (nSPS) is 13.8. The first-order valence-corrected chi connectivity index (χ1v) is 10.3. The van der Waals surface area contributed by atoms with Gasteiger partial charge in [-0.1, -0.05) is 29.8 Å². The Hall–Kier alpha value is -2.83. The minimum absolute atomic E-state index is 0.0117. The monoisotopic (exact) mass is 425 g/mol. The zero-order chi connectivity index (χ0) is 21.3. The lowest BCUT2D eigenvalue weighted by Gasteiger charge is -2.28. The van der Waals surface area contributed by atoms with E-state index < -0.39 is 0 Å². The molecule has 7 heteroatoms. The fourth-order valence-corrected chi connectivity index (χ4v) is 4.11. The second-order valence-corrected chi connectivity index (χ2v) is 7.96. The average molecular weight is 426 g/mol.